The van der Waals surface area contributed by atoms with Crippen LogP contribution in [0.4, 0.5) is 0 Å². The number of rotatable bonds is 3. The Morgan fingerprint density at radius 1 is 0.250 bits per heavy atom. The van der Waals surface area contributed by atoms with Crippen LogP contribution in [-0.4, -0.2) is 24.9 Å². The highest BCUT2D eigenvalue weighted by Crippen LogP contribution is 2.69. The molecule has 0 bridgehead atoms. The third-order valence-corrected chi connectivity index (χ3v) is 10.5. The van der Waals surface area contributed by atoms with E-state index in [0.29, 0.717) is 0 Å². The van der Waals surface area contributed by atoms with E-state index in [1.165, 1.54) is 0 Å². The first-order valence-electron chi connectivity index (χ1n) is 3.90. The van der Waals surface area contributed by atoms with Gasteiger partial charge in [-0.25, -0.2) is 0 Å². The SMILES string of the molecule is ClC(Cl)(Cl)C(Cl)(Cl)C(Cl)(Cl)C(Cl)(Cl)C(Cl)(Cl)C(Cl)(Cl)Cl. The molecule has 0 spiro atoms. The Hall–Kier alpha value is 4.06. The van der Waals surface area contributed by atoms with Crippen molar-refractivity contribution in [2.75, 3.05) is 0 Å². The van der Waals surface area contributed by atoms with E-state index in [4.69, 9.17) is 162 Å². The summed E-state index contributed by atoms with van der Waals surface area (Å²) < 4.78 is -15.5. The van der Waals surface area contributed by atoms with Crippen LogP contribution in [0.25, 0.3) is 0 Å². The van der Waals surface area contributed by atoms with Crippen molar-refractivity contribution in [2.45, 2.75) is 24.9 Å². The molecule has 0 aliphatic rings. The van der Waals surface area contributed by atoms with Gasteiger partial charge in [-0.15, -0.1) is 0 Å². The summed E-state index contributed by atoms with van der Waals surface area (Å²) in [5.74, 6) is 0. The number of alkyl halides is 14. The van der Waals surface area contributed by atoms with Crippen LogP contribution in [0.3, 0.4) is 0 Å². The predicted octanol–water partition coefficient (Wildman–Crippen LogP) is 8.42. The van der Waals surface area contributed by atoms with Crippen molar-refractivity contribution in [3.05, 3.63) is 0 Å². The van der Waals surface area contributed by atoms with E-state index in [2.05, 4.69) is 0 Å². The van der Waals surface area contributed by atoms with Crippen LogP contribution < -0.4 is 0 Å². The third-order valence-electron chi connectivity index (χ3n) is 1.90. The molecule has 0 rings (SSSR count). The van der Waals surface area contributed by atoms with E-state index < -0.39 is 24.9 Å². The highest BCUT2D eigenvalue weighted by atomic mass is 35.6. The topological polar surface area (TPSA) is 0 Å². The minimum atomic E-state index is -2.69. The van der Waals surface area contributed by atoms with Crippen LogP contribution in [-0.2, 0) is 0 Å². The summed E-state index contributed by atoms with van der Waals surface area (Å²) in [7, 11) is 0. The average molecular weight is 568 g/mol. The lowest BCUT2D eigenvalue weighted by Gasteiger charge is -2.49. The summed E-state index contributed by atoms with van der Waals surface area (Å²) in [6.07, 6.45) is 0. The first kappa shape index (κ1) is 24.1. The molecule has 0 heterocycles. The Bertz CT molecular complexity index is 319. The van der Waals surface area contributed by atoms with Gasteiger partial charge in [-0.05, 0) is 0 Å². The maximum absolute atomic E-state index is 5.93. The van der Waals surface area contributed by atoms with Gasteiger partial charge >= 0.3 is 0 Å². The fraction of sp³-hybridized carbons (Fsp3) is 1.00. The van der Waals surface area contributed by atoms with E-state index >= 15 is 0 Å². The quantitative estimate of drug-likeness (QED) is 0.300. The lowest BCUT2D eigenvalue weighted by Crippen LogP contribution is -2.64. The smallest absolute Gasteiger partial charge is 0.0946 e. The highest BCUT2D eigenvalue weighted by molar-refractivity contribution is 6.83. The van der Waals surface area contributed by atoms with Crippen LogP contribution in [0.5, 0.6) is 0 Å². The summed E-state index contributed by atoms with van der Waals surface area (Å²) in [6, 6.07) is 0. The zero-order valence-electron chi connectivity index (χ0n) is 8.29. The Labute approximate surface area is 185 Å². The van der Waals surface area contributed by atoms with Crippen LogP contribution in [0, 0.1) is 0 Å². The molecule has 0 aromatic carbocycles. The normalized spacial score (nSPS) is 16.5. The maximum Gasteiger partial charge on any atom is 0.226 e. The monoisotopic (exact) mass is 562 g/mol. The molecule has 0 saturated heterocycles. The van der Waals surface area contributed by atoms with Crippen molar-refractivity contribution in [2.24, 2.45) is 0 Å². The van der Waals surface area contributed by atoms with E-state index in [-0.39, 0.29) is 0 Å². The molecule has 20 heavy (non-hydrogen) atoms. The van der Waals surface area contributed by atoms with Crippen LogP contribution >= 0.6 is 162 Å². The van der Waals surface area contributed by atoms with Crippen molar-refractivity contribution in [1.82, 2.24) is 0 Å². The molecule has 14 heteroatoms. The lowest BCUT2D eigenvalue weighted by atomic mass is 10.1. The van der Waals surface area contributed by atoms with E-state index in [9.17, 15) is 0 Å². The first-order chi connectivity index (χ1) is 8.25. The van der Waals surface area contributed by atoms with Gasteiger partial charge in [0.05, 0.1) is 0 Å². The molecule has 0 nitrogen and oxygen atoms in total. The molecule has 0 aromatic rings. The minimum absolute atomic E-state index is 2.45. The second-order valence-electron chi connectivity index (χ2n) is 3.29. The Balaban J connectivity index is 6.08. The molecule has 0 atom stereocenters. The highest BCUT2D eigenvalue weighted by Gasteiger charge is 2.76. The molecule has 0 aliphatic carbocycles. The zero-order chi connectivity index (χ0) is 17.0. The standard InChI is InChI=1S/C6Cl14/c7-1(8,3(11,12)5(15,16)17)2(9,10)4(13,14)6(18,19)20. The minimum Gasteiger partial charge on any atom is -0.0946 e. The molecule has 122 valence electrons. The van der Waals surface area contributed by atoms with Gasteiger partial charge in [-0.1, -0.05) is 162 Å². The summed E-state index contributed by atoms with van der Waals surface area (Å²) >= 11 is 80.5. The second-order valence-corrected chi connectivity index (χ2v) is 13.2. The molecular weight excluding hydrogens is 568 g/mol. The van der Waals surface area contributed by atoms with Gasteiger partial charge in [-0.2, -0.15) is 0 Å². The molecule has 0 fully saturated rings. The van der Waals surface area contributed by atoms with Gasteiger partial charge in [0.25, 0.3) is 0 Å². The van der Waals surface area contributed by atoms with Gasteiger partial charge in [0, 0.05) is 0 Å². The van der Waals surface area contributed by atoms with Gasteiger partial charge in [-0.3, -0.25) is 0 Å². The van der Waals surface area contributed by atoms with Gasteiger partial charge in [0.2, 0.25) is 16.3 Å². The lowest BCUT2D eigenvalue weighted by molar-refractivity contribution is 0.532. The largest absolute Gasteiger partial charge is 0.226 e. The molecule has 0 radical (unpaired) electrons. The van der Waals surface area contributed by atoms with Crippen LogP contribution in [0.15, 0.2) is 0 Å². The van der Waals surface area contributed by atoms with Crippen molar-refractivity contribution in [1.29, 1.82) is 0 Å². The predicted molar refractivity (Wildman–Crippen MR) is 98.3 cm³/mol. The fourth-order valence-corrected chi connectivity index (χ4v) is 4.27. The molecule has 0 aromatic heterocycles. The number of hydrogen-bond acceptors (Lipinski definition) is 0. The molecule has 0 aliphatic heterocycles. The second kappa shape index (κ2) is 6.99. The third kappa shape index (κ3) is 4.07. The van der Waals surface area contributed by atoms with Gasteiger partial charge in [0.1, 0.15) is 0 Å². The maximum atomic E-state index is 5.93. The van der Waals surface area contributed by atoms with Gasteiger partial charge in [0.15, 0.2) is 8.67 Å². The molecule has 0 unspecified atom stereocenters. The van der Waals surface area contributed by atoms with E-state index in [0.717, 1.165) is 0 Å². The van der Waals surface area contributed by atoms with Gasteiger partial charge < -0.3 is 0 Å². The zero-order valence-corrected chi connectivity index (χ0v) is 18.9. The Morgan fingerprint density at radius 2 is 0.400 bits per heavy atom. The Kier molecular flexibility index (Phi) is 8.41. The molecule has 0 amide bonds. The summed E-state index contributed by atoms with van der Waals surface area (Å²) in [5, 5.41) is 0. The molecule has 0 N–H and O–H groups in total. The Morgan fingerprint density at radius 3 is 0.500 bits per heavy atom. The van der Waals surface area contributed by atoms with Crippen molar-refractivity contribution in [3.8, 4) is 0 Å². The van der Waals surface area contributed by atoms with Crippen LogP contribution in [0.1, 0.15) is 0 Å². The summed E-state index contributed by atoms with van der Waals surface area (Å²) in [5.41, 5.74) is 0. The summed E-state index contributed by atoms with van der Waals surface area (Å²) in [4.78, 5) is 0. The van der Waals surface area contributed by atoms with E-state index in [1.54, 1.807) is 0 Å². The van der Waals surface area contributed by atoms with Crippen molar-refractivity contribution < 1.29 is 0 Å². The van der Waals surface area contributed by atoms with Crippen molar-refractivity contribution >= 4 is 162 Å². The molecule has 0 saturated carbocycles. The number of halogens is 14. The average Bonchev–Trinajstić information content (AvgIpc) is 2.12. The fourth-order valence-electron chi connectivity index (χ4n) is 0.750. The summed E-state index contributed by atoms with van der Waals surface area (Å²) in [6.45, 7) is 0. The first-order valence-corrected chi connectivity index (χ1v) is 9.19. The van der Waals surface area contributed by atoms with E-state index in [1.807, 2.05) is 0 Å². The van der Waals surface area contributed by atoms with Crippen LogP contribution in [0.2, 0.25) is 0 Å². The van der Waals surface area contributed by atoms with Crippen molar-refractivity contribution in [3.63, 3.8) is 0 Å². The number of hydrogen-bond donors (Lipinski definition) is 0. The molecular formula is C6Cl14.